The maximum absolute atomic E-state index is 13.0. The van der Waals surface area contributed by atoms with Gasteiger partial charge in [0.05, 0.1) is 16.3 Å². The van der Waals surface area contributed by atoms with Gasteiger partial charge in [-0.15, -0.1) is 0 Å². The highest BCUT2D eigenvalue weighted by atomic mass is 35.5. The summed E-state index contributed by atoms with van der Waals surface area (Å²) in [4.78, 5) is 27.3. The van der Waals surface area contributed by atoms with Gasteiger partial charge in [-0.05, 0) is 50.1 Å². The number of likely N-dealkylation sites (N-methyl/N-ethyl adjacent to an activating group) is 1. The number of halogens is 2. The van der Waals surface area contributed by atoms with Crippen LogP contribution in [0.4, 0.5) is 5.69 Å². The second kappa shape index (κ2) is 10.2. The third kappa shape index (κ3) is 5.46. The van der Waals surface area contributed by atoms with Crippen molar-refractivity contribution in [3.8, 4) is 5.75 Å². The Morgan fingerprint density at radius 2 is 1.80 bits per heavy atom. The minimum absolute atomic E-state index is 0.161. The van der Waals surface area contributed by atoms with Crippen molar-refractivity contribution in [2.24, 2.45) is 0 Å². The average molecular weight is 449 g/mol. The van der Waals surface area contributed by atoms with E-state index in [1.165, 1.54) is 11.3 Å². The Labute approximate surface area is 187 Å². The van der Waals surface area contributed by atoms with Gasteiger partial charge in [0.1, 0.15) is 5.75 Å². The van der Waals surface area contributed by atoms with Gasteiger partial charge in [0, 0.05) is 18.1 Å². The van der Waals surface area contributed by atoms with E-state index in [4.69, 9.17) is 27.9 Å². The minimum Gasteiger partial charge on any atom is -0.479 e. The zero-order valence-corrected chi connectivity index (χ0v) is 18.7. The zero-order chi connectivity index (χ0) is 21.7. The van der Waals surface area contributed by atoms with Crippen LogP contribution in [0, 0.1) is 0 Å². The normalized spacial score (nSPS) is 15.3. The number of benzene rings is 2. The molecule has 1 fully saturated rings. The first-order valence-electron chi connectivity index (χ1n) is 10.2. The summed E-state index contributed by atoms with van der Waals surface area (Å²) in [5.41, 5.74) is 1.00. The van der Waals surface area contributed by atoms with Crippen LogP contribution in [0.25, 0.3) is 0 Å². The molecular weight excluding hydrogens is 423 g/mol. The standard InChI is InChI=1S/C23H26Cl2N2O3/c1-15(30-21-13-12-16(24)14-19(21)25)23(29)27(2)20-11-7-6-10-18(20)22(28)26-17-8-4-3-5-9-17/h6-7,10-15,17H,3-5,8-9H2,1-2H3,(H,26,28). The Bertz CT molecular complexity index is 913. The number of carbonyl (C=O) groups is 2. The van der Waals surface area contributed by atoms with Crippen LogP contribution in [0.1, 0.15) is 49.4 Å². The topological polar surface area (TPSA) is 58.6 Å². The van der Waals surface area contributed by atoms with Crippen LogP contribution >= 0.6 is 23.2 Å². The van der Waals surface area contributed by atoms with Crippen molar-refractivity contribution in [1.29, 1.82) is 0 Å². The smallest absolute Gasteiger partial charge is 0.267 e. The van der Waals surface area contributed by atoms with Crippen molar-refractivity contribution >= 4 is 40.7 Å². The fraction of sp³-hybridized carbons (Fsp3) is 0.391. The molecule has 1 atom stereocenters. The van der Waals surface area contributed by atoms with Gasteiger partial charge < -0.3 is 15.0 Å². The molecule has 0 radical (unpaired) electrons. The predicted molar refractivity (Wildman–Crippen MR) is 121 cm³/mol. The Balaban J connectivity index is 1.73. The van der Waals surface area contributed by atoms with E-state index in [-0.39, 0.29) is 17.9 Å². The second-order valence-electron chi connectivity index (χ2n) is 7.56. The number of hydrogen-bond donors (Lipinski definition) is 1. The minimum atomic E-state index is -0.803. The molecule has 2 aromatic rings. The number of nitrogens with one attached hydrogen (secondary N) is 1. The Morgan fingerprint density at radius 1 is 1.10 bits per heavy atom. The third-order valence-corrected chi connectivity index (χ3v) is 5.86. The number of nitrogens with zero attached hydrogens (tertiary/aromatic N) is 1. The maximum atomic E-state index is 13.0. The van der Waals surface area contributed by atoms with Crippen LogP contribution in [-0.4, -0.2) is 31.0 Å². The molecule has 2 amide bonds. The summed E-state index contributed by atoms with van der Waals surface area (Å²) in [5.74, 6) is -0.0796. The summed E-state index contributed by atoms with van der Waals surface area (Å²) in [7, 11) is 1.64. The largest absolute Gasteiger partial charge is 0.479 e. The van der Waals surface area contributed by atoms with Gasteiger partial charge >= 0.3 is 0 Å². The lowest BCUT2D eigenvalue weighted by molar-refractivity contribution is -0.124. The Kier molecular flexibility index (Phi) is 7.62. The number of hydrogen-bond acceptors (Lipinski definition) is 3. The third-order valence-electron chi connectivity index (χ3n) is 5.33. The first-order chi connectivity index (χ1) is 14.4. The summed E-state index contributed by atoms with van der Waals surface area (Å²) in [6.07, 6.45) is 4.67. The van der Waals surface area contributed by atoms with Crippen molar-refractivity contribution in [2.75, 3.05) is 11.9 Å². The average Bonchev–Trinajstić information content (AvgIpc) is 2.75. The summed E-state index contributed by atoms with van der Waals surface area (Å²) < 4.78 is 5.74. The van der Waals surface area contributed by atoms with Crippen molar-refractivity contribution in [3.05, 3.63) is 58.1 Å². The zero-order valence-electron chi connectivity index (χ0n) is 17.2. The first-order valence-corrected chi connectivity index (χ1v) is 10.9. The van der Waals surface area contributed by atoms with Crippen molar-refractivity contribution < 1.29 is 14.3 Å². The van der Waals surface area contributed by atoms with Gasteiger partial charge in [-0.3, -0.25) is 9.59 Å². The van der Waals surface area contributed by atoms with E-state index in [2.05, 4.69) is 5.32 Å². The molecule has 3 rings (SSSR count). The van der Waals surface area contributed by atoms with Gasteiger partial charge in [0.25, 0.3) is 11.8 Å². The van der Waals surface area contributed by atoms with Crippen LogP contribution < -0.4 is 15.0 Å². The maximum Gasteiger partial charge on any atom is 0.267 e. The van der Waals surface area contributed by atoms with Crippen LogP contribution in [-0.2, 0) is 4.79 Å². The number of amides is 2. The molecule has 1 aliphatic rings. The molecule has 0 aromatic heterocycles. The molecule has 0 saturated heterocycles. The van der Waals surface area contributed by atoms with Crippen LogP contribution in [0.3, 0.4) is 0 Å². The van der Waals surface area contributed by atoms with Crippen LogP contribution in [0.2, 0.25) is 10.0 Å². The molecule has 0 heterocycles. The molecule has 1 unspecified atom stereocenters. The van der Waals surface area contributed by atoms with E-state index in [0.29, 0.717) is 27.0 Å². The van der Waals surface area contributed by atoms with E-state index in [1.807, 2.05) is 0 Å². The summed E-state index contributed by atoms with van der Waals surface area (Å²) in [5, 5.41) is 3.93. The number of carbonyl (C=O) groups excluding carboxylic acids is 2. The molecule has 0 spiro atoms. The SMILES string of the molecule is CC(Oc1ccc(Cl)cc1Cl)C(=O)N(C)c1ccccc1C(=O)NC1CCCCC1. The number of ether oxygens (including phenoxy) is 1. The first kappa shape index (κ1) is 22.4. The Morgan fingerprint density at radius 3 is 2.50 bits per heavy atom. The monoisotopic (exact) mass is 448 g/mol. The quantitative estimate of drug-likeness (QED) is 0.635. The summed E-state index contributed by atoms with van der Waals surface area (Å²) >= 11 is 12.1. The predicted octanol–water partition coefficient (Wildman–Crippen LogP) is 5.49. The molecule has 0 bridgehead atoms. The number of rotatable bonds is 6. The highest BCUT2D eigenvalue weighted by Crippen LogP contribution is 2.29. The molecule has 1 saturated carbocycles. The van der Waals surface area contributed by atoms with E-state index in [9.17, 15) is 9.59 Å². The highest BCUT2D eigenvalue weighted by molar-refractivity contribution is 6.35. The highest BCUT2D eigenvalue weighted by Gasteiger charge is 2.25. The lowest BCUT2D eigenvalue weighted by Crippen LogP contribution is -2.40. The molecular formula is C23H26Cl2N2O3. The van der Waals surface area contributed by atoms with E-state index < -0.39 is 6.10 Å². The molecule has 2 aromatic carbocycles. The van der Waals surface area contributed by atoms with Crippen LogP contribution in [0.15, 0.2) is 42.5 Å². The molecule has 160 valence electrons. The molecule has 1 N–H and O–H groups in total. The van der Waals surface area contributed by atoms with Gasteiger partial charge in [0.2, 0.25) is 0 Å². The summed E-state index contributed by atoms with van der Waals surface area (Å²) in [6.45, 7) is 1.65. The molecule has 7 heteroatoms. The van der Waals surface area contributed by atoms with Crippen molar-refractivity contribution in [3.63, 3.8) is 0 Å². The van der Waals surface area contributed by atoms with E-state index >= 15 is 0 Å². The van der Waals surface area contributed by atoms with Gasteiger partial charge in [-0.2, -0.15) is 0 Å². The van der Waals surface area contributed by atoms with Crippen LogP contribution in [0.5, 0.6) is 5.75 Å². The lowest BCUT2D eigenvalue weighted by Gasteiger charge is -2.26. The summed E-state index contributed by atoms with van der Waals surface area (Å²) in [6, 6.07) is 12.1. The second-order valence-corrected chi connectivity index (χ2v) is 8.40. The van der Waals surface area contributed by atoms with E-state index in [1.54, 1.807) is 56.4 Å². The van der Waals surface area contributed by atoms with Gasteiger partial charge in [-0.1, -0.05) is 54.6 Å². The van der Waals surface area contributed by atoms with Crippen molar-refractivity contribution in [2.45, 2.75) is 51.2 Å². The number of anilines is 1. The van der Waals surface area contributed by atoms with E-state index in [0.717, 1.165) is 25.7 Å². The Hall–Kier alpha value is -2.24. The lowest BCUT2D eigenvalue weighted by atomic mass is 9.95. The molecule has 1 aliphatic carbocycles. The molecule has 30 heavy (non-hydrogen) atoms. The number of para-hydroxylation sites is 1. The van der Waals surface area contributed by atoms with Crippen molar-refractivity contribution in [1.82, 2.24) is 5.32 Å². The molecule has 5 nitrogen and oxygen atoms in total. The van der Waals surface area contributed by atoms with Gasteiger partial charge in [0.15, 0.2) is 6.10 Å². The van der Waals surface area contributed by atoms with Gasteiger partial charge in [-0.25, -0.2) is 0 Å². The molecule has 0 aliphatic heterocycles. The fourth-order valence-corrected chi connectivity index (χ4v) is 4.12. The fourth-order valence-electron chi connectivity index (χ4n) is 3.67.